The minimum atomic E-state index is -0.193. The van der Waals surface area contributed by atoms with Gasteiger partial charge in [0.15, 0.2) is 0 Å². The predicted octanol–water partition coefficient (Wildman–Crippen LogP) is 2.55. The molecule has 1 aliphatic heterocycles. The molecule has 0 spiro atoms. The van der Waals surface area contributed by atoms with Gasteiger partial charge in [0.2, 0.25) is 11.8 Å². The van der Waals surface area contributed by atoms with Crippen LogP contribution >= 0.6 is 11.8 Å². The van der Waals surface area contributed by atoms with Gasteiger partial charge in [0, 0.05) is 18.7 Å². The van der Waals surface area contributed by atoms with Gasteiger partial charge < -0.3 is 14.1 Å². The number of methoxy groups -OCH3 is 1. The van der Waals surface area contributed by atoms with Crippen molar-refractivity contribution < 1.29 is 18.7 Å². The minimum absolute atomic E-state index is 0.00829. The van der Waals surface area contributed by atoms with E-state index in [1.54, 1.807) is 4.90 Å². The lowest BCUT2D eigenvalue weighted by molar-refractivity contribution is -0.148. The number of ether oxygens (including phenoxy) is 1. The smallest absolute Gasteiger partial charge is 0.308 e. The quantitative estimate of drug-likeness (QED) is 0.586. The molecule has 8 heteroatoms. The summed E-state index contributed by atoms with van der Waals surface area (Å²) in [4.78, 5) is 25.7. The number of likely N-dealkylation sites (tertiary alicyclic amines) is 1. The van der Waals surface area contributed by atoms with Crippen molar-refractivity contribution in [2.75, 3.05) is 26.0 Å². The highest BCUT2D eigenvalue weighted by Gasteiger charge is 2.28. The van der Waals surface area contributed by atoms with E-state index in [0.717, 1.165) is 11.1 Å². The van der Waals surface area contributed by atoms with Crippen LogP contribution in [0.2, 0.25) is 0 Å². The summed E-state index contributed by atoms with van der Waals surface area (Å²) in [6, 6.07) is 7.77. The standard InChI is InChI=1S/C18H21N3O4S/c1-12-5-3-4-6-14(12)16-19-20-18(25-16)26-11-15(22)21-9-7-13(8-10-21)17(23)24-2/h3-6,13H,7-11H2,1-2H3. The number of piperidine rings is 1. The second-order valence-corrected chi connectivity index (χ2v) is 7.08. The molecule has 1 aromatic carbocycles. The van der Waals surface area contributed by atoms with Gasteiger partial charge in [-0.05, 0) is 31.4 Å². The summed E-state index contributed by atoms with van der Waals surface area (Å²) >= 11 is 1.23. The lowest BCUT2D eigenvalue weighted by Crippen LogP contribution is -2.41. The van der Waals surface area contributed by atoms with Gasteiger partial charge in [0.1, 0.15) is 0 Å². The molecule has 1 saturated heterocycles. The zero-order chi connectivity index (χ0) is 18.5. The molecule has 7 nitrogen and oxygen atoms in total. The van der Waals surface area contributed by atoms with Gasteiger partial charge in [0.25, 0.3) is 5.22 Å². The van der Waals surface area contributed by atoms with E-state index in [-0.39, 0.29) is 23.5 Å². The van der Waals surface area contributed by atoms with Crippen LogP contribution in [0.5, 0.6) is 0 Å². The second-order valence-electron chi connectivity index (χ2n) is 6.15. The zero-order valence-electron chi connectivity index (χ0n) is 14.8. The van der Waals surface area contributed by atoms with E-state index in [4.69, 9.17) is 9.15 Å². The maximum absolute atomic E-state index is 12.3. The lowest BCUT2D eigenvalue weighted by Gasteiger charge is -2.30. The van der Waals surface area contributed by atoms with E-state index in [1.807, 2.05) is 31.2 Å². The number of thioether (sulfide) groups is 1. The van der Waals surface area contributed by atoms with Gasteiger partial charge in [-0.2, -0.15) is 0 Å². The summed E-state index contributed by atoms with van der Waals surface area (Å²) in [5.74, 6) is 0.398. The molecule has 1 amide bonds. The third-order valence-corrected chi connectivity index (χ3v) is 5.29. The van der Waals surface area contributed by atoms with Crippen LogP contribution in [0.3, 0.4) is 0 Å². The first-order chi connectivity index (χ1) is 12.6. The van der Waals surface area contributed by atoms with Crippen LogP contribution in [0.15, 0.2) is 33.9 Å². The van der Waals surface area contributed by atoms with Gasteiger partial charge in [-0.3, -0.25) is 9.59 Å². The zero-order valence-corrected chi connectivity index (χ0v) is 15.6. The van der Waals surface area contributed by atoms with Crippen LogP contribution in [0.4, 0.5) is 0 Å². The SMILES string of the molecule is COC(=O)C1CCN(C(=O)CSc2nnc(-c3ccccc3C)o2)CC1. The summed E-state index contributed by atoms with van der Waals surface area (Å²) in [6.07, 6.45) is 1.28. The van der Waals surface area contributed by atoms with Gasteiger partial charge >= 0.3 is 5.97 Å². The largest absolute Gasteiger partial charge is 0.469 e. The number of carbonyl (C=O) groups excluding carboxylic acids is 2. The number of hydrogen-bond donors (Lipinski definition) is 0. The van der Waals surface area contributed by atoms with Crippen molar-refractivity contribution in [2.24, 2.45) is 5.92 Å². The highest BCUT2D eigenvalue weighted by atomic mass is 32.2. The molecule has 2 aromatic rings. The number of rotatable bonds is 5. The van der Waals surface area contributed by atoms with Gasteiger partial charge in [-0.1, -0.05) is 30.0 Å². The number of carbonyl (C=O) groups is 2. The fraction of sp³-hybridized carbons (Fsp3) is 0.444. The van der Waals surface area contributed by atoms with Crippen LogP contribution in [-0.4, -0.2) is 52.9 Å². The Bertz CT molecular complexity index is 784. The monoisotopic (exact) mass is 375 g/mol. The molecule has 2 heterocycles. The van der Waals surface area contributed by atoms with E-state index in [0.29, 0.717) is 37.0 Å². The molecular formula is C18H21N3O4S. The molecule has 1 aromatic heterocycles. The van der Waals surface area contributed by atoms with Crippen LogP contribution in [0.25, 0.3) is 11.5 Å². The Hall–Kier alpha value is -2.35. The summed E-state index contributed by atoms with van der Waals surface area (Å²) in [5, 5.41) is 8.45. The molecule has 0 atom stereocenters. The Morgan fingerprint density at radius 3 is 2.69 bits per heavy atom. The highest BCUT2D eigenvalue weighted by molar-refractivity contribution is 7.99. The van der Waals surface area contributed by atoms with Crippen molar-refractivity contribution in [2.45, 2.75) is 25.0 Å². The number of amides is 1. The third-order valence-electron chi connectivity index (χ3n) is 4.48. The Balaban J connectivity index is 1.51. The molecule has 0 unspecified atom stereocenters. The molecule has 1 aliphatic rings. The normalized spacial score (nSPS) is 15.1. The first-order valence-electron chi connectivity index (χ1n) is 8.46. The lowest BCUT2D eigenvalue weighted by atomic mass is 9.97. The number of nitrogens with zero attached hydrogens (tertiary/aromatic N) is 3. The van der Waals surface area contributed by atoms with Crippen LogP contribution in [-0.2, 0) is 14.3 Å². The van der Waals surface area contributed by atoms with Crippen LogP contribution in [0.1, 0.15) is 18.4 Å². The Morgan fingerprint density at radius 1 is 1.27 bits per heavy atom. The van der Waals surface area contributed by atoms with E-state index < -0.39 is 0 Å². The fourth-order valence-corrected chi connectivity index (χ4v) is 3.60. The van der Waals surface area contributed by atoms with Crippen molar-refractivity contribution in [1.82, 2.24) is 15.1 Å². The Kier molecular flexibility index (Phi) is 5.92. The molecule has 0 bridgehead atoms. The van der Waals surface area contributed by atoms with Crippen molar-refractivity contribution in [3.8, 4) is 11.5 Å². The molecule has 0 radical (unpaired) electrons. The van der Waals surface area contributed by atoms with Crippen molar-refractivity contribution in [1.29, 1.82) is 0 Å². The summed E-state index contributed by atoms with van der Waals surface area (Å²) < 4.78 is 10.4. The number of benzene rings is 1. The van der Waals surface area contributed by atoms with Crippen molar-refractivity contribution in [3.63, 3.8) is 0 Å². The predicted molar refractivity (Wildman–Crippen MR) is 96.5 cm³/mol. The average Bonchev–Trinajstić information content (AvgIpc) is 3.14. The number of esters is 1. The summed E-state index contributed by atoms with van der Waals surface area (Å²) in [7, 11) is 1.39. The molecule has 0 N–H and O–H groups in total. The molecular weight excluding hydrogens is 354 g/mol. The minimum Gasteiger partial charge on any atom is -0.469 e. The van der Waals surface area contributed by atoms with Crippen molar-refractivity contribution >= 4 is 23.6 Å². The van der Waals surface area contributed by atoms with E-state index in [9.17, 15) is 9.59 Å². The fourth-order valence-electron chi connectivity index (χ4n) is 2.94. The number of aryl methyl sites for hydroxylation is 1. The van der Waals surface area contributed by atoms with Crippen molar-refractivity contribution in [3.05, 3.63) is 29.8 Å². The highest BCUT2D eigenvalue weighted by Crippen LogP contribution is 2.26. The second kappa shape index (κ2) is 8.35. The number of aromatic nitrogens is 2. The molecule has 26 heavy (non-hydrogen) atoms. The first kappa shape index (κ1) is 18.4. The van der Waals surface area contributed by atoms with Gasteiger partial charge in [0.05, 0.1) is 18.8 Å². The van der Waals surface area contributed by atoms with Crippen LogP contribution in [0, 0.1) is 12.8 Å². The third kappa shape index (κ3) is 4.24. The molecule has 1 fully saturated rings. The maximum Gasteiger partial charge on any atom is 0.308 e. The molecule has 0 saturated carbocycles. The number of hydrogen-bond acceptors (Lipinski definition) is 7. The average molecular weight is 375 g/mol. The van der Waals surface area contributed by atoms with Gasteiger partial charge in [-0.25, -0.2) is 0 Å². The Morgan fingerprint density at radius 2 is 2.00 bits per heavy atom. The van der Waals surface area contributed by atoms with E-state index >= 15 is 0 Å². The topological polar surface area (TPSA) is 85.5 Å². The molecule has 138 valence electrons. The van der Waals surface area contributed by atoms with Gasteiger partial charge in [-0.15, -0.1) is 10.2 Å². The molecule has 0 aliphatic carbocycles. The summed E-state index contributed by atoms with van der Waals surface area (Å²) in [5.41, 5.74) is 1.94. The van der Waals surface area contributed by atoms with E-state index in [2.05, 4.69) is 10.2 Å². The van der Waals surface area contributed by atoms with E-state index in [1.165, 1.54) is 18.9 Å². The van der Waals surface area contributed by atoms with Crippen LogP contribution < -0.4 is 0 Å². The maximum atomic E-state index is 12.3. The first-order valence-corrected chi connectivity index (χ1v) is 9.45. The Labute approximate surface area is 156 Å². The molecule has 3 rings (SSSR count). The summed E-state index contributed by atoms with van der Waals surface area (Å²) in [6.45, 7) is 3.11.